The monoisotopic (exact) mass is 370 g/mol. The van der Waals surface area contributed by atoms with E-state index in [0.29, 0.717) is 6.42 Å². The Morgan fingerprint density at radius 1 is 0.821 bits per heavy atom. The minimum atomic E-state index is -0.00607. The van der Waals surface area contributed by atoms with Crippen molar-refractivity contribution in [3.8, 4) is 5.75 Å². The molecule has 0 bridgehead atoms. The van der Waals surface area contributed by atoms with Crippen LogP contribution >= 0.6 is 0 Å². The summed E-state index contributed by atoms with van der Waals surface area (Å²) in [4.78, 5) is 12.3. The average Bonchev–Trinajstić information content (AvgIpc) is 2.75. The number of hydrogen-bond donors (Lipinski definition) is 0. The molecule has 3 aromatic rings. The maximum Gasteiger partial charge on any atom is 0.163 e. The highest BCUT2D eigenvalue weighted by Crippen LogP contribution is 2.34. The first-order chi connectivity index (χ1) is 13.8. The lowest BCUT2D eigenvalue weighted by Crippen LogP contribution is -2.15. The molecule has 0 spiro atoms. The van der Waals surface area contributed by atoms with E-state index in [1.165, 1.54) is 11.1 Å². The van der Waals surface area contributed by atoms with E-state index in [0.717, 1.165) is 49.0 Å². The largest absolute Gasteiger partial charge is 0.485 e. The van der Waals surface area contributed by atoms with Crippen molar-refractivity contribution in [1.82, 2.24) is 0 Å². The Morgan fingerprint density at radius 3 is 2.36 bits per heavy atom. The van der Waals surface area contributed by atoms with Gasteiger partial charge in [0.15, 0.2) is 5.78 Å². The summed E-state index contributed by atoms with van der Waals surface area (Å²) in [6, 6.07) is 26.9. The van der Waals surface area contributed by atoms with E-state index >= 15 is 0 Å². The lowest BCUT2D eigenvalue weighted by atomic mass is 9.90. The zero-order valence-corrected chi connectivity index (χ0v) is 16.1. The summed E-state index contributed by atoms with van der Waals surface area (Å²) in [7, 11) is 0. The minimum absolute atomic E-state index is 0.00607. The van der Waals surface area contributed by atoms with E-state index < -0.39 is 0 Å². The Labute approximate surface area is 167 Å². The Bertz CT molecular complexity index is 916. The molecule has 142 valence electrons. The third kappa shape index (κ3) is 4.33. The Morgan fingerprint density at radius 2 is 1.57 bits per heavy atom. The van der Waals surface area contributed by atoms with Gasteiger partial charge >= 0.3 is 0 Å². The van der Waals surface area contributed by atoms with Crippen LogP contribution in [0.4, 0.5) is 0 Å². The SMILES string of the molecule is O=C1CCCc2c(OC(CCCc3ccccc3)c3ccccc3)cccc21. The molecule has 0 heterocycles. The first-order valence-electron chi connectivity index (χ1n) is 10.2. The van der Waals surface area contributed by atoms with Gasteiger partial charge in [-0.1, -0.05) is 72.8 Å². The van der Waals surface area contributed by atoms with Gasteiger partial charge < -0.3 is 4.74 Å². The van der Waals surface area contributed by atoms with Gasteiger partial charge in [-0.05, 0) is 49.3 Å². The van der Waals surface area contributed by atoms with Crippen molar-refractivity contribution in [2.75, 3.05) is 0 Å². The fourth-order valence-corrected chi connectivity index (χ4v) is 4.01. The van der Waals surface area contributed by atoms with Crippen LogP contribution in [-0.4, -0.2) is 5.78 Å². The van der Waals surface area contributed by atoms with Crippen LogP contribution in [0.15, 0.2) is 78.9 Å². The number of rotatable bonds is 7. The zero-order valence-electron chi connectivity index (χ0n) is 16.1. The number of Topliss-reactive ketones (excluding diaryl/α,β-unsaturated/α-hetero) is 1. The molecule has 28 heavy (non-hydrogen) atoms. The van der Waals surface area contributed by atoms with Crippen molar-refractivity contribution in [3.63, 3.8) is 0 Å². The maximum absolute atomic E-state index is 12.3. The van der Waals surface area contributed by atoms with Gasteiger partial charge in [0.25, 0.3) is 0 Å². The van der Waals surface area contributed by atoms with Gasteiger partial charge in [0.1, 0.15) is 11.9 Å². The highest BCUT2D eigenvalue weighted by atomic mass is 16.5. The number of benzene rings is 3. The number of carbonyl (C=O) groups is 1. The topological polar surface area (TPSA) is 26.3 Å². The predicted molar refractivity (Wildman–Crippen MR) is 113 cm³/mol. The molecule has 0 saturated carbocycles. The van der Waals surface area contributed by atoms with Gasteiger partial charge in [0.05, 0.1) is 0 Å². The van der Waals surface area contributed by atoms with E-state index in [1.807, 2.05) is 24.3 Å². The summed E-state index contributed by atoms with van der Waals surface area (Å²) in [5.74, 6) is 1.12. The van der Waals surface area contributed by atoms with Crippen LogP contribution in [0, 0.1) is 0 Å². The summed E-state index contributed by atoms with van der Waals surface area (Å²) in [5, 5.41) is 0. The molecule has 0 aromatic heterocycles. The van der Waals surface area contributed by atoms with E-state index in [-0.39, 0.29) is 11.9 Å². The Hall–Kier alpha value is -2.87. The van der Waals surface area contributed by atoms with Crippen molar-refractivity contribution < 1.29 is 9.53 Å². The van der Waals surface area contributed by atoms with Crippen molar-refractivity contribution in [1.29, 1.82) is 0 Å². The third-order valence-corrected chi connectivity index (χ3v) is 5.48. The zero-order chi connectivity index (χ0) is 19.2. The number of carbonyl (C=O) groups excluding carboxylic acids is 1. The molecule has 0 aliphatic heterocycles. The quantitative estimate of drug-likeness (QED) is 0.484. The fraction of sp³-hybridized carbons (Fsp3) is 0.269. The van der Waals surface area contributed by atoms with Crippen LogP contribution in [0.5, 0.6) is 5.75 Å². The summed E-state index contributed by atoms with van der Waals surface area (Å²) in [6.07, 6.45) is 5.51. The molecule has 0 fully saturated rings. The van der Waals surface area contributed by atoms with Crippen molar-refractivity contribution >= 4 is 5.78 Å². The highest BCUT2D eigenvalue weighted by Gasteiger charge is 2.22. The number of fused-ring (bicyclic) bond motifs is 1. The van der Waals surface area contributed by atoms with Gasteiger partial charge in [-0.3, -0.25) is 4.79 Å². The molecule has 2 heteroatoms. The Balaban J connectivity index is 1.53. The number of ketones is 1. The van der Waals surface area contributed by atoms with Crippen molar-refractivity contribution in [2.24, 2.45) is 0 Å². The molecule has 0 amide bonds. The van der Waals surface area contributed by atoms with E-state index in [1.54, 1.807) is 0 Å². The minimum Gasteiger partial charge on any atom is -0.485 e. The smallest absolute Gasteiger partial charge is 0.163 e. The molecule has 2 nitrogen and oxygen atoms in total. The molecule has 1 unspecified atom stereocenters. The molecular formula is C26H26O2. The third-order valence-electron chi connectivity index (χ3n) is 5.48. The van der Waals surface area contributed by atoms with Gasteiger partial charge in [-0.15, -0.1) is 0 Å². The highest BCUT2D eigenvalue weighted by molar-refractivity contribution is 5.99. The van der Waals surface area contributed by atoms with Gasteiger partial charge in [0.2, 0.25) is 0 Å². The number of ether oxygens (including phenoxy) is 1. The van der Waals surface area contributed by atoms with Gasteiger partial charge in [-0.25, -0.2) is 0 Å². The normalized spacial score (nSPS) is 14.4. The van der Waals surface area contributed by atoms with Crippen LogP contribution in [0.3, 0.4) is 0 Å². The molecule has 4 rings (SSSR count). The molecular weight excluding hydrogens is 344 g/mol. The first-order valence-corrected chi connectivity index (χ1v) is 10.2. The standard InChI is InChI=1S/C26H26O2/c27-24-17-8-16-23-22(24)15-9-19-26(23)28-25(21-13-5-2-6-14-21)18-7-12-20-10-3-1-4-11-20/h1-6,9-11,13-15,19,25H,7-8,12,16-18H2. The lowest BCUT2D eigenvalue weighted by molar-refractivity contribution is 0.0970. The molecule has 0 N–H and O–H groups in total. The molecule has 1 atom stereocenters. The number of aryl methyl sites for hydroxylation is 1. The first kappa shape index (κ1) is 18.5. The van der Waals surface area contributed by atoms with Crippen molar-refractivity contribution in [3.05, 3.63) is 101 Å². The molecule has 0 saturated heterocycles. The summed E-state index contributed by atoms with van der Waals surface area (Å²) >= 11 is 0. The van der Waals surface area contributed by atoms with Crippen LogP contribution in [0.2, 0.25) is 0 Å². The van der Waals surface area contributed by atoms with Crippen LogP contribution in [0.1, 0.15) is 58.8 Å². The summed E-state index contributed by atoms with van der Waals surface area (Å²) in [5.41, 5.74) is 4.48. The lowest BCUT2D eigenvalue weighted by Gasteiger charge is -2.24. The fourth-order valence-electron chi connectivity index (χ4n) is 4.01. The van der Waals surface area contributed by atoms with Gasteiger partial charge in [0, 0.05) is 17.5 Å². The van der Waals surface area contributed by atoms with Crippen LogP contribution in [-0.2, 0) is 12.8 Å². The van der Waals surface area contributed by atoms with Crippen LogP contribution < -0.4 is 4.74 Å². The van der Waals surface area contributed by atoms with Crippen molar-refractivity contribution in [2.45, 2.75) is 44.6 Å². The molecule has 3 aromatic carbocycles. The van der Waals surface area contributed by atoms with E-state index in [9.17, 15) is 4.79 Å². The second-order valence-electron chi connectivity index (χ2n) is 7.45. The Kier molecular flexibility index (Phi) is 5.86. The summed E-state index contributed by atoms with van der Waals surface area (Å²) in [6.45, 7) is 0. The second kappa shape index (κ2) is 8.88. The van der Waals surface area contributed by atoms with E-state index in [4.69, 9.17) is 4.74 Å². The molecule has 0 radical (unpaired) electrons. The maximum atomic E-state index is 12.3. The second-order valence-corrected chi connectivity index (χ2v) is 7.45. The van der Waals surface area contributed by atoms with Crippen LogP contribution in [0.25, 0.3) is 0 Å². The summed E-state index contributed by atoms with van der Waals surface area (Å²) < 4.78 is 6.53. The van der Waals surface area contributed by atoms with E-state index in [2.05, 4.69) is 54.6 Å². The number of hydrogen-bond acceptors (Lipinski definition) is 2. The predicted octanol–water partition coefficient (Wildman–Crippen LogP) is 6.35. The molecule has 1 aliphatic carbocycles. The average molecular weight is 370 g/mol. The molecule has 1 aliphatic rings. The van der Waals surface area contributed by atoms with Gasteiger partial charge in [-0.2, -0.15) is 0 Å².